The summed E-state index contributed by atoms with van der Waals surface area (Å²) in [5, 5.41) is 0. The molecule has 2 aromatic carbocycles. The molecule has 0 saturated carbocycles. The summed E-state index contributed by atoms with van der Waals surface area (Å²) in [6.45, 7) is 0.910. The smallest absolute Gasteiger partial charge is 0.243 e. The zero-order valence-electron chi connectivity index (χ0n) is 16.2. The fourth-order valence-corrected chi connectivity index (χ4v) is 4.14. The van der Waals surface area contributed by atoms with E-state index in [0.29, 0.717) is 47.5 Å². The van der Waals surface area contributed by atoms with Crippen LogP contribution in [0.1, 0.15) is 5.56 Å². The quantitative estimate of drug-likeness (QED) is 0.694. The highest BCUT2D eigenvalue weighted by Gasteiger charge is 2.26. The molecule has 2 aromatic rings. The van der Waals surface area contributed by atoms with Crippen molar-refractivity contribution in [1.29, 1.82) is 0 Å². The lowest BCUT2D eigenvalue weighted by Crippen LogP contribution is -2.27. The molecule has 152 valence electrons. The van der Waals surface area contributed by atoms with Gasteiger partial charge in [0.25, 0.3) is 0 Å². The van der Waals surface area contributed by atoms with Crippen molar-refractivity contribution in [2.24, 2.45) is 0 Å². The molecule has 9 heteroatoms. The molecule has 0 spiro atoms. The molecule has 0 N–H and O–H groups in total. The first-order valence-electron chi connectivity index (χ1n) is 8.56. The van der Waals surface area contributed by atoms with Crippen LogP contribution in [0.25, 0.3) is 0 Å². The van der Waals surface area contributed by atoms with Gasteiger partial charge >= 0.3 is 0 Å². The maximum absolute atomic E-state index is 13.0. The van der Waals surface area contributed by atoms with Gasteiger partial charge in [0.05, 0.1) is 26.2 Å². The molecule has 1 heterocycles. The normalized spacial score (nSPS) is 13.3. The van der Waals surface area contributed by atoms with Gasteiger partial charge in [-0.25, -0.2) is 8.42 Å². The van der Waals surface area contributed by atoms with E-state index in [2.05, 4.69) is 0 Å². The average molecular weight is 409 g/mol. The van der Waals surface area contributed by atoms with Crippen LogP contribution >= 0.6 is 0 Å². The van der Waals surface area contributed by atoms with Gasteiger partial charge in [0, 0.05) is 25.2 Å². The summed E-state index contributed by atoms with van der Waals surface area (Å²) in [6.07, 6.45) is 0. The Balaban J connectivity index is 1.91. The Hall–Kier alpha value is -2.65. The predicted octanol–water partition coefficient (Wildman–Crippen LogP) is 2.30. The molecule has 1 aliphatic heterocycles. The van der Waals surface area contributed by atoms with Crippen molar-refractivity contribution in [3.8, 4) is 28.7 Å². The van der Waals surface area contributed by atoms with Gasteiger partial charge in [0.15, 0.2) is 23.0 Å². The zero-order chi connectivity index (χ0) is 20.3. The van der Waals surface area contributed by atoms with Gasteiger partial charge in [-0.2, -0.15) is 4.31 Å². The van der Waals surface area contributed by atoms with E-state index in [4.69, 9.17) is 23.7 Å². The molecule has 0 atom stereocenters. The number of hydrogen-bond donors (Lipinski definition) is 0. The molecular formula is C19H23NO7S. The molecule has 0 radical (unpaired) electrons. The third-order valence-corrected chi connectivity index (χ3v) is 6.20. The number of ether oxygens (including phenoxy) is 5. The topological polar surface area (TPSA) is 83.5 Å². The lowest BCUT2D eigenvalue weighted by molar-refractivity contribution is 0.171. The molecular weight excluding hydrogens is 386 g/mol. The molecule has 3 rings (SSSR count). The Labute approximate surface area is 164 Å². The Morgan fingerprint density at radius 3 is 2.25 bits per heavy atom. The zero-order valence-corrected chi connectivity index (χ0v) is 17.0. The van der Waals surface area contributed by atoms with Crippen LogP contribution < -0.4 is 23.7 Å². The van der Waals surface area contributed by atoms with Crippen molar-refractivity contribution in [3.63, 3.8) is 0 Å². The van der Waals surface area contributed by atoms with Crippen LogP contribution in [0.4, 0.5) is 0 Å². The van der Waals surface area contributed by atoms with Crippen molar-refractivity contribution >= 4 is 10.0 Å². The first-order valence-corrected chi connectivity index (χ1v) is 10.00. The number of fused-ring (bicyclic) bond motifs is 1. The molecule has 0 saturated heterocycles. The molecule has 0 fully saturated rings. The Morgan fingerprint density at radius 2 is 1.61 bits per heavy atom. The molecule has 0 unspecified atom stereocenters. The minimum absolute atomic E-state index is 0.0836. The lowest BCUT2D eigenvalue weighted by atomic mass is 10.1. The molecule has 0 aliphatic carbocycles. The minimum atomic E-state index is -3.76. The Bertz CT molecular complexity index is 959. The van der Waals surface area contributed by atoms with E-state index in [1.165, 1.54) is 44.8 Å². The summed E-state index contributed by atoms with van der Waals surface area (Å²) in [5.74, 6) is 2.29. The minimum Gasteiger partial charge on any atom is -0.493 e. The highest BCUT2D eigenvalue weighted by molar-refractivity contribution is 7.89. The third kappa shape index (κ3) is 3.67. The fraction of sp³-hybridized carbons (Fsp3) is 0.368. The maximum Gasteiger partial charge on any atom is 0.243 e. The third-order valence-electron chi connectivity index (χ3n) is 4.40. The summed E-state index contributed by atoms with van der Waals surface area (Å²) in [4.78, 5) is 0.124. The van der Waals surface area contributed by atoms with E-state index in [0.717, 1.165) is 0 Å². The number of nitrogens with zero attached hydrogens (tertiary/aromatic N) is 1. The molecule has 1 aliphatic rings. The molecule has 8 nitrogen and oxygen atoms in total. The van der Waals surface area contributed by atoms with E-state index in [-0.39, 0.29) is 11.4 Å². The van der Waals surface area contributed by atoms with Crippen LogP contribution in [0.5, 0.6) is 28.7 Å². The van der Waals surface area contributed by atoms with Crippen LogP contribution in [-0.2, 0) is 16.6 Å². The SMILES string of the molecule is COc1ccc(CN(C)S(=O)(=O)c2ccc3c(c2)OCCO3)c(OC)c1OC. The summed E-state index contributed by atoms with van der Waals surface area (Å²) < 4.78 is 54.3. The van der Waals surface area contributed by atoms with Crippen molar-refractivity contribution in [2.75, 3.05) is 41.6 Å². The second-order valence-corrected chi connectivity index (χ2v) is 8.10. The van der Waals surface area contributed by atoms with E-state index in [1.807, 2.05) is 0 Å². The summed E-state index contributed by atoms with van der Waals surface area (Å²) in [5.41, 5.74) is 0.642. The van der Waals surface area contributed by atoms with E-state index in [1.54, 1.807) is 18.2 Å². The number of sulfonamides is 1. The largest absolute Gasteiger partial charge is 0.493 e. The van der Waals surface area contributed by atoms with Gasteiger partial charge in [-0.3, -0.25) is 0 Å². The number of benzene rings is 2. The van der Waals surface area contributed by atoms with Crippen molar-refractivity contribution in [1.82, 2.24) is 4.31 Å². The van der Waals surface area contributed by atoms with Gasteiger partial charge in [-0.15, -0.1) is 0 Å². The van der Waals surface area contributed by atoms with Gasteiger partial charge in [-0.05, 0) is 18.2 Å². The fourth-order valence-electron chi connectivity index (χ4n) is 2.98. The number of rotatable bonds is 7. The lowest BCUT2D eigenvalue weighted by Gasteiger charge is -2.22. The van der Waals surface area contributed by atoms with Gasteiger partial charge < -0.3 is 23.7 Å². The van der Waals surface area contributed by atoms with Crippen molar-refractivity contribution in [2.45, 2.75) is 11.4 Å². The van der Waals surface area contributed by atoms with Crippen molar-refractivity contribution < 1.29 is 32.1 Å². The molecule has 0 aromatic heterocycles. The summed E-state index contributed by atoms with van der Waals surface area (Å²) in [6, 6.07) is 8.04. The van der Waals surface area contributed by atoms with Crippen LogP contribution in [0.3, 0.4) is 0 Å². The second kappa shape index (κ2) is 8.15. The number of methoxy groups -OCH3 is 3. The average Bonchev–Trinajstić information content (AvgIpc) is 2.72. The first kappa shape index (κ1) is 20.1. The van der Waals surface area contributed by atoms with Crippen LogP contribution in [-0.4, -0.2) is 54.3 Å². The van der Waals surface area contributed by atoms with Crippen LogP contribution in [0.2, 0.25) is 0 Å². The van der Waals surface area contributed by atoms with Crippen molar-refractivity contribution in [3.05, 3.63) is 35.9 Å². The highest BCUT2D eigenvalue weighted by Crippen LogP contribution is 2.40. The molecule has 28 heavy (non-hydrogen) atoms. The second-order valence-electron chi connectivity index (χ2n) is 6.06. The monoisotopic (exact) mass is 409 g/mol. The summed E-state index contributed by atoms with van der Waals surface area (Å²) in [7, 11) is 2.26. The van der Waals surface area contributed by atoms with Gasteiger partial charge in [0.2, 0.25) is 15.8 Å². The first-order chi connectivity index (χ1) is 13.4. The van der Waals surface area contributed by atoms with E-state index < -0.39 is 10.0 Å². The van der Waals surface area contributed by atoms with Gasteiger partial charge in [-0.1, -0.05) is 6.07 Å². The Morgan fingerprint density at radius 1 is 0.929 bits per heavy atom. The molecule has 0 amide bonds. The standard InChI is InChI=1S/C19H23NO7S/c1-20(12-13-5-7-16(23-2)19(25-4)18(13)24-3)28(21,22)14-6-8-15-17(11-14)27-10-9-26-15/h5-8,11H,9-10,12H2,1-4H3. The predicted molar refractivity (Wildman–Crippen MR) is 102 cm³/mol. The maximum atomic E-state index is 13.0. The van der Waals surface area contributed by atoms with Crippen LogP contribution in [0.15, 0.2) is 35.2 Å². The summed E-state index contributed by atoms with van der Waals surface area (Å²) >= 11 is 0. The number of hydrogen-bond acceptors (Lipinski definition) is 7. The highest BCUT2D eigenvalue weighted by atomic mass is 32.2. The van der Waals surface area contributed by atoms with Crippen LogP contribution in [0, 0.1) is 0 Å². The van der Waals surface area contributed by atoms with E-state index in [9.17, 15) is 8.42 Å². The molecule has 0 bridgehead atoms. The van der Waals surface area contributed by atoms with E-state index >= 15 is 0 Å². The van der Waals surface area contributed by atoms with Gasteiger partial charge in [0.1, 0.15) is 13.2 Å². The Kier molecular flexibility index (Phi) is 5.85.